The molecule has 4 heteroatoms. The fraction of sp³-hybridized carbons (Fsp3) is 0.700. The van der Waals surface area contributed by atoms with E-state index in [0.29, 0.717) is 6.17 Å². The Kier molecular flexibility index (Phi) is 4.20. The maximum atomic E-state index is 11.3. The number of benzene rings is 1. The summed E-state index contributed by atoms with van der Waals surface area (Å²) in [5.74, 6) is 0. The van der Waals surface area contributed by atoms with Crippen LogP contribution in [0.5, 0.6) is 0 Å². The highest BCUT2D eigenvalue weighted by Gasteiger charge is 2.70. The fourth-order valence-corrected chi connectivity index (χ4v) is 6.67. The fourth-order valence-electron chi connectivity index (χ4n) is 6.54. The van der Waals surface area contributed by atoms with E-state index < -0.39 is 0 Å². The van der Waals surface area contributed by atoms with Crippen LogP contribution in [-0.4, -0.2) is 37.4 Å². The van der Waals surface area contributed by atoms with Crippen molar-refractivity contribution in [3.63, 3.8) is 0 Å². The SMILES string of the molecule is CCCC12C[NH+]3CC(CCC)(C[NH+](C1)C3c1ccc(Cl)cc1)C2O. The third-order valence-electron chi connectivity index (χ3n) is 6.99. The number of aliphatic hydroxyl groups excluding tert-OH is 1. The molecule has 0 unspecified atom stereocenters. The van der Waals surface area contributed by atoms with Crippen molar-refractivity contribution in [3.05, 3.63) is 34.9 Å². The smallest absolute Gasteiger partial charge is 0.240 e. The van der Waals surface area contributed by atoms with Gasteiger partial charge in [-0.3, -0.25) is 9.80 Å². The number of hydrogen-bond donors (Lipinski definition) is 3. The molecule has 0 radical (unpaired) electrons. The van der Waals surface area contributed by atoms with E-state index in [0.717, 1.165) is 31.2 Å². The van der Waals surface area contributed by atoms with E-state index in [2.05, 4.69) is 26.0 Å². The van der Waals surface area contributed by atoms with Gasteiger partial charge in [0.1, 0.15) is 0 Å². The van der Waals surface area contributed by atoms with Gasteiger partial charge in [0.25, 0.3) is 0 Å². The van der Waals surface area contributed by atoms with Crippen molar-refractivity contribution in [1.29, 1.82) is 0 Å². The quantitative estimate of drug-likeness (QED) is 0.729. The standard InChI is InChI=1S/C20H29ClN2O/c1-3-9-19-11-22-13-20(10-4-2,18(19)24)14-23(12-19)17(22)15-5-7-16(21)8-6-15/h5-8,17-18,24H,3-4,9-14H2,1-2H3/p+2. The van der Waals surface area contributed by atoms with E-state index >= 15 is 0 Å². The lowest BCUT2D eigenvalue weighted by Crippen LogP contribution is -3.41. The number of piperidine rings is 2. The second-order valence-electron chi connectivity index (χ2n) is 8.64. The van der Waals surface area contributed by atoms with E-state index in [9.17, 15) is 5.11 Å². The van der Waals surface area contributed by atoms with Crippen molar-refractivity contribution in [2.75, 3.05) is 26.2 Å². The van der Waals surface area contributed by atoms with Crippen LogP contribution >= 0.6 is 11.6 Å². The van der Waals surface area contributed by atoms with Gasteiger partial charge in [-0.05, 0) is 37.1 Å². The topological polar surface area (TPSA) is 29.1 Å². The highest BCUT2D eigenvalue weighted by molar-refractivity contribution is 6.30. The summed E-state index contributed by atoms with van der Waals surface area (Å²) in [5.41, 5.74) is 1.68. The first-order valence-corrected chi connectivity index (χ1v) is 10.0. The second kappa shape index (κ2) is 5.98. The Balaban J connectivity index is 1.70. The van der Waals surface area contributed by atoms with E-state index in [1.807, 2.05) is 12.1 Å². The minimum absolute atomic E-state index is 0.108. The first-order chi connectivity index (χ1) is 11.5. The molecule has 4 aliphatic rings. The highest BCUT2D eigenvalue weighted by atomic mass is 35.5. The van der Waals surface area contributed by atoms with Gasteiger partial charge in [0.05, 0.1) is 48.7 Å². The number of quaternary nitrogens is 2. The molecule has 24 heavy (non-hydrogen) atoms. The number of hydrogen-bond acceptors (Lipinski definition) is 1. The number of halogens is 1. The van der Waals surface area contributed by atoms with Crippen LogP contribution in [0.4, 0.5) is 0 Å². The molecule has 132 valence electrons. The molecular weight excluding hydrogens is 320 g/mol. The van der Waals surface area contributed by atoms with Gasteiger partial charge in [0.15, 0.2) is 0 Å². The normalized spacial score (nSPS) is 43.3. The summed E-state index contributed by atoms with van der Waals surface area (Å²) in [4.78, 5) is 3.38. The average molecular weight is 351 g/mol. The third kappa shape index (κ3) is 2.36. The summed E-state index contributed by atoms with van der Waals surface area (Å²) in [6.07, 6.45) is 5.09. The minimum Gasteiger partial charge on any atom is -0.391 e. The average Bonchev–Trinajstić information content (AvgIpc) is 2.54. The first-order valence-electron chi connectivity index (χ1n) is 9.66. The van der Waals surface area contributed by atoms with Crippen molar-refractivity contribution in [3.8, 4) is 0 Å². The van der Waals surface area contributed by atoms with Crippen molar-refractivity contribution in [2.24, 2.45) is 10.8 Å². The molecule has 3 nitrogen and oxygen atoms in total. The number of rotatable bonds is 5. The zero-order valence-electron chi connectivity index (χ0n) is 14.9. The minimum atomic E-state index is -0.108. The molecule has 4 saturated heterocycles. The van der Waals surface area contributed by atoms with E-state index in [1.54, 1.807) is 9.80 Å². The number of nitrogens with one attached hydrogen (secondary N) is 2. The Labute approximate surface area is 150 Å². The van der Waals surface area contributed by atoms with Gasteiger partial charge in [-0.25, -0.2) is 0 Å². The summed E-state index contributed by atoms with van der Waals surface area (Å²) in [6, 6.07) is 8.48. The molecule has 4 aliphatic heterocycles. The molecule has 0 amide bonds. The molecule has 0 atom stereocenters. The van der Waals surface area contributed by atoms with Gasteiger partial charge in [-0.1, -0.05) is 38.3 Å². The Morgan fingerprint density at radius 2 is 1.42 bits per heavy atom. The lowest BCUT2D eigenvalue weighted by Gasteiger charge is -2.64. The van der Waals surface area contributed by atoms with Crippen LogP contribution in [0.15, 0.2) is 24.3 Å². The van der Waals surface area contributed by atoms with Crippen LogP contribution in [-0.2, 0) is 0 Å². The zero-order valence-corrected chi connectivity index (χ0v) is 15.7. The monoisotopic (exact) mass is 350 g/mol. The lowest BCUT2D eigenvalue weighted by molar-refractivity contribution is -1.19. The molecular formula is C20H31ClN2O+2. The van der Waals surface area contributed by atoms with Crippen LogP contribution < -0.4 is 9.80 Å². The Morgan fingerprint density at radius 1 is 0.958 bits per heavy atom. The summed E-state index contributed by atoms with van der Waals surface area (Å²) in [7, 11) is 0. The van der Waals surface area contributed by atoms with Gasteiger partial charge < -0.3 is 5.11 Å². The van der Waals surface area contributed by atoms with Crippen molar-refractivity contribution in [2.45, 2.75) is 51.8 Å². The summed E-state index contributed by atoms with van der Waals surface area (Å²) in [6.45, 7) is 9.05. The van der Waals surface area contributed by atoms with E-state index in [-0.39, 0.29) is 16.9 Å². The Morgan fingerprint density at radius 3 is 1.83 bits per heavy atom. The largest absolute Gasteiger partial charge is 0.391 e. The Hall–Kier alpha value is -0.610. The van der Waals surface area contributed by atoms with E-state index in [4.69, 9.17) is 11.6 Å². The van der Waals surface area contributed by atoms with Crippen LogP contribution in [0.3, 0.4) is 0 Å². The zero-order chi connectivity index (χ0) is 16.9. The molecule has 1 aromatic carbocycles. The third-order valence-corrected chi connectivity index (χ3v) is 7.24. The van der Waals surface area contributed by atoms with Crippen LogP contribution in [0, 0.1) is 10.8 Å². The lowest BCUT2D eigenvalue weighted by atomic mass is 9.56. The number of aliphatic hydroxyl groups is 1. The molecule has 0 saturated carbocycles. The van der Waals surface area contributed by atoms with Gasteiger partial charge in [-0.15, -0.1) is 0 Å². The summed E-state index contributed by atoms with van der Waals surface area (Å²) < 4.78 is 0. The predicted octanol–water partition coefficient (Wildman–Crippen LogP) is 1.08. The van der Waals surface area contributed by atoms with Gasteiger partial charge in [0, 0.05) is 5.02 Å². The van der Waals surface area contributed by atoms with Crippen LogP contribution in [0.25, 0.3) is 0 Å². The van der Waals surface area contributed by atoms with Crippen molar-refractivity contribution < 1.29 is 14.9 Å². The first kappa shape index (κ1) is 16.8. The molecule has 1 aromatic rings. The Bertz CT molecular complexity index is 560. The summed E-state index contributed by atoms with van der Waals surface area (Å²) >= 11 is 6.10. The highest BCUT2D eigenvalue weighted by Crippen LogP contribution is 2.45. The maximum absolute atomic E-state index is 11.3. The molecule has 4 bridgehead atoms. The summed E-state index contributed by atoms with van der Waals surface area (Å²) in [5, 5.41) is 12.2. The van der Waals surface area contributed by atoms with Crippen LogP contribution in [0.1, 0.15) is 51.3 Å². The molecule has 5 rings (SSSR count). The van der Waals surface area contributed by atoms with E-state index in [1.165, 1.54) is 31.2 Å². The van der Waals surface area contributed by atoms with Gasteiger partial charge in [-0.2, -0.15) is 0 Å². The molecule has 0 aliphatic carbocycles. The predicted molar refractivity (Wildman–Crippen MR) is 96.3 cm³/mol. The maximum Gasteiger partial charge on any atom is 0.240 e. The molecule has 3 N–H and O–H groups in total. The van der Waals surface area contributed by atoms with Gasteiger partial charge in [0.2, 0.25) is 6.17 Å². The second-order valence-corrected chi connectivity index (χ2v) is 9.07. The van der Waals surface area contributed by atoms with Gasteiger partial charge >= 0.3 is 0 Å². The molecule has 0 aromatic heterocycles. The molecule has 4 fully saturated rings. The molecule has 0 spiro atoms. The van der Waals surface area contributed by atoms with Crippen LogP contribution in [0.2, 0.25) is 5.02 Å². The molecule has 4 heterocycles. The van der Waals surface area contributed by atoms with Crippen molar-refractivity contribution in [1.82, 2.24) is 0 Å². The van der Waals surface area contributed by atoms with Crippen molar-refractivity contribution >= 4 is 11.6 Å².